The van der Waals surface area contributed by atoms with Crippen LogP contribution in [0.2, 0.25) is 0 Å². The van der Waals surface area contributed by atoms with Crippen LogP contribution in [0.15, 0.2) is 18.2 Å². The lowest BCUT2D eigenvalue weighted by atomic mass is 10.1. The van der Waals surface area contributed by atoms with Crippen LogP contribution in [0, 0.1) is 13.8 Å². The molecular formula is C10H11O2. The molecule has 1 aromatic carbocycles. The number of rotatable bonds is 2. The fraction of sp³-hybridized carbons (Fsp3) is 0.300. The van der Waals surface area contributed by atoms with Crippen molar-refractivity contribution in [2.45, 2.75) is 20.3 Å². The predicted molar refractivity (Wildman–Crippen MR) is 45.3 cm³/mol. The number of hydrogen-bond acceptors (Lipinski definition) is 1. The van der Waals surface area contributed by atoms with E-state index in [0.717, 1.165) is 16.7 Å². The van der Waals surface area contributed by atoms with Gasteiger partial charge in [0.25, 0.3) is 0 Å². The van der Waals surface area contributed by atoms with Crippen molar-refractivity contribution in [1.82, 2.24) is 0 Å². The Bertz CT molecular complexity index is 282. The lowest BCUT2D eigenvalue weighted by Gasteiger charge is -2.00. The molecule has 0 saturated heterocycles. The normalized spacial score (nSPS) is 9.83. The van der Waals surface area contributed by atoms with Crippen LogP contribution in [0.25, 0.3) is 0 Å². The van der Waals surface area contributed by atoms with E-state index >= 15 is 0 Å². The van der Waals surface area contributed by atoms with Crippen LogP contribution < -0.4 is 0 Å². The molecule has 2 heteroatoms. The SMILES string of the molecule is Cc1cc(C)cc(CC([O])=O)c1. The minimum atomic E-state index is -1.03. The Morgan fingerprint density at radius 2 is 1.67 bits per heavy atom. The van der Waals surface area contributed by atoms with Gasteiger partial charge in [-0.3, -0.25) is 0 Å². The number of aryl methyl sites for hydroxylation is 2. The smallest absolute Gasteiger partial charge is 0.247 e. The third-order valence-corrected chi connectivity index (χ3v) is 1.63. The first-order valence-electron chi connectivity index (χ1n) is 3.85. The number of carbonyl (C=O) groups excluding carboxylic acids is 1. The molecule has 2 nitrogen and oxygen atoms in total. The Kier molecular flexibility index (Phi) is 2.48. The highest BCUT2D eigenvalue weighted by Crippen LogP contribution is 2.09. The summed E-state index contributed by atoms with van der Waals surface area (Å²) >= 11 is 0. The second-order valence-electron chi connectivity index (χ2n) is 3.04. The van der Waals surface area contributed by atoms with Crippen molar-refractivity contribution in [3.05, 3.63) is 34.9 Å². The lowest BCUT2D eigenvalue weighted by molar-refractivity contribution is -0.142. The fourth-order valence-electron chi connectivity index (χ4n) is 1.34. The molecule has 1 rings (SSSR count). The Labute approximate surface area is 71.8 Å². The van der Waals surface area contributed by atoms with Gasteiger partial charge in [0.05, 0.1) is 6.42 Å². The maximum atomic E-state index is 10.3. The van der Waals surface area contributed by atoms with Gasteiger partial charge in [0, 0.05) is 0 Å². The van der Waals surface area contributed by atoms with E-state index in [0.29, 0.717) is 0 Å². The van der Waals surface area contributed by atoms with Crippen LogP contribution in [0.1, 0.15) is 16.7 Å². The van der Waals surface area contributed by atoms with E-state index in [1.165, 1.54) is 0 Å². The van der Waals surface area contributed by atoms with E-state index in [-0.39, 0.29) is 6.42 Å². The van der Waals surface area contributed by atoms with Gasteiger partial charge < -0.3 is 0 Å². The molecule has 0 bridgehead atoms. The fourth-order valence-corrected chi connectivity index (χ4v) is 1.34. The highest BCUT2D eigenvalue weighted by Gasteiger charge is 2.02. The van der Waals surface area contributed by atoms with Crippen molar-refractivity contribution >= 4 is 5.97 Å². The van der Waals surface area contributed by atoms with Crippen molar-refractivity contribution in [1.29, 1.82) is 0 Å². The maximum Gasteiger partial charge on any atom is 0.359 e. The van der Waals surface area contributed by atoms with Crippen LogP contribution in [0.4, 0.5) is 0 Å². The van der Waals surface area contributed by atoms with Crippen molar-refractivity contribution in [2.75, 3.05) is 0 Å². The monoisotopic (exact) mass is 163 g/mol. The summed E-state index contributed by atoms with van der Waals surface area (Å²) in [4.78, 5) is 10.3. The third-order valence-electron chi connectivity index (χ3n) is 1.63. The molecule has 1 radical (unpaired) electrons. The van der Waals surface area contributed by atoms with Gasteiger partial charge in [-0.25, -0.2) is 9.90 Å². The van der Waals surface area contributed by atoms with E-state index in [1.54, 1.807) is 0 Å². The molecule has 12 heavy (non-hydrogen) atoms. The molecule has 0 aliphatic carbocycles. The number of benzene rings is 1. The summed E-state index contributed by atoms with van der Waals surface area (Å²) in [5, 5.41) is 10.3. The first-order chi connectivity index (χ1) is 5.58. The Hall–Kier alpha value is -1.31. The number of carbonyl (C=O) groups is 1. The van der Waals surface area contributed by atoms with Gasteiger partial charge in [0.2, 0.25) is 0 Å². The highest BCUT2D eigenvalue weighted by atomic mass is 16.4. The van der Waals surface area contributed by atoms with Crippen molar-refractivity contribution < 1.29 is 9.90 Å². The standard InChI is InChI=1S/C10H11O2/c1-7-3-8(2)5-9(4-7)6-10(11)12/h3-5H,6H2,1-2H3. The van der Waals surface area contributed by atoms with E-state index < -0.39 is 5.97 Å². The quantitative estimate of drug-likeness (QED) is 0.655. The minimum Gasteiger partial charge on any atom is -0.247 e. The molecule has 1 aromatic rings. The summed E-state index contributed by atoms with van der Waals surface area (Å²) in [6, 6.07) is 5.74. The third kappa shape index (κ3) is 2.38. The van der Waals surface area contributed by atoms with E-state index in [1.807, 2.05) is 32.0 Å². The van der Waals surface area contributed by atoms with Gasteiger partial charge in [-0.2, -0.15) is 0 Å². The molecule has 0 unspecified atom stereocenters. The lowest BCUT2D eigenvalue weighted by Crippen LogP contribution is -1.98. The van der Waals surface area contributed by atoms with Crippen molar-refractivity contribution in [3.63, 3.8) is 0 Å². The zero-order valence-corrected chi connectivity index (χ0v) is 7.26. The van der Waals surface area contributed by atoms with Crippen LogP contribution in [0.5, 0.6) is 0 Å². The van der Waals surface area contributed by atoms with Gasteiger partial charge >= 0.3 is 5.97 Å². The molecule has 0 aromatic heterocycles. The van der Waals surface area contributed by atoms with Gasteiger partial charge in [0.15, 0.2) is 0 Å². The van der Waals surface area contributed by atoms with E-state index in [4.69, 9.17) is 0 Å². The molecular weight excluding hydrogens is 152 g/mol. The summed E-state index contributed by atoms with van der Waals surface area (Å²) in [6.07, 6.45) is 0.00250. The molecule has 0 aliphatic heterocycles. The largest absolute Gasteiger partial charge is 0.359 e. The number of hydrogen-bond donors (Lipinski definition) is 0. The molecule has 0 saturated carbocycles. The molecule has 63 valence electrons. The van der Waals surface area contributed by atoms with Gasteiger partial charge in [-0.1, -0.05) is 29.3 Å². The summed E-state index contributed by atoms with van der Waals surface area (Å²) in [5.74, 6) is -1.03. The first kappa shape index (κ1) is 8.78. The maximum absolute atomic E-state index is 10.3. The molecule has 0 amide bonds. The molecule has 0 atom stereocenters. The Balaban J connectivity index is 2.93. The van der Waals surface area contributed by atoms with Crippen LogP contribution in [-0.2, 0) is 16.3 Å². The Morgan fingerprint density at radius 1 is 1.17 bits per heavy atom. The van der Waals surface area contributed by atoms with Crippen LogP contribution in [0.3, 0.4) is 0 Å². The highest BCUT2D eigenvalue weighted by molar-refractivity contribution is 5.69. The average molecular weight is 163 g/mol. The molecule has 0 aliphatic rings. The summed E-state index contributed by atoms with van der Waals surface area (Å²) in [7, 11) is 0. The van der Waals surface area contributed by atoms with Gasteiger partial charge in [0.1, 0.15) is 0 Å². The average Bonchev–Trinajstić information content (AvgIpc) is 1.81. The second-order valence-corrected chi connectivity index (χ2v) is 3.04. The molecule has 0 heterocycles. The van der Waals surface area contributed by atoms with E-state index in [9.17, 15) is 9.90 Å². The zero-order chi connectivity index (χ0) is 9.14. The predicted octanol–water partition coefficient (Wildman–Crippen LogP) is 1.80. The summed E-state index contributed by atoms with van der Waals surface area (Å²) < 4.78 is 0. The molecule has 0 fully saturated rings. The summed E-state index contributed by atoms with van der Waals surface area (Å²) in [5.41, 5.74) is 2.99. The molecule has 0 spiro atoms. The minimum absolute atomic E-state index is 0.00250. The Morgan fingerprint density at radius 3 is 2.08 bits per heavy atom. The first-order valence-corrected chi connectivity index (χ1v) is 3.85. The van der Waals surface area contributed by atoms with Crippen LogP contribution in [-0.4, -0.2) is 5.97 Å². The zero-order valence-electron chi connectivity index (χ0n) is 7.26. The van der Waals surface area contributed by atoms with Crippen LogP contribution >= 0.6 is 0 Å². The second kappa shape index (κ2) is 3.39. The van der Waals surface area contributed by atoms with Crippen molar-refractivity contribution in [2.24, 2.45) is 0 Å². The molecule has 0 N–H and O–H groups in total. The van der Waals surface area contributed by atoms with Gasteiger partial charge in [-0.15, -0.1) is 0 Å². The summed E-state index contributed by atoms with van der Waals surface area (Å²) in [6.45, 7) is 3.90. The van der Waals surface area contributed by atoms with Gasteiger partial charge in [-0.05, 0) is 19.4 Å². The van der Waals surface area contributed by atoms with Crippen molar-refractivity contribution in [3.8, 4) is 0 Å². The van der Waals surface area contributed by atoms with E-state index in [2.05, 4.69) is 0 Å². The topological polar surface area (TPSA) is 37.0 Å².